The molecule has 1 aliphatic rings. The van der Waals surface area contributed by atoms with E-state index in [2.05, 4.69) is 35.8 Å². The van der Waals surface area contributed by atoms with Gasteiger partial charge in [0.05, 0.1) is 0 Å². The maximum Gasteiger partial charge on any atom is 0.108 e. The van der Waals surface area contributed by atoms with Crippen molar-refractivity contribution in [3.8, 4) is 0 Å². The molecule has 0 amide bonds. The van der Waals surface area contributed by atoms with Crippen LogP contribution in [0.2, 0.25) is 0 Å². The molecule has 1 aromatic heterocycles. The van der Waals surface area contributed by atoms with Crippen molar-refractivity contribution in [3.63, 3.8) is 0 Å². The molecule has 0 atom stereocenters. The molecule has 1 aliphatic carbocycles. The van der Waals surface area contributed by atoms with Crippen molar-refractivity contribution >= 4 is 0 Å². The summed E-state index contributed by atoms with van der Waals surface area (Å²) in [6, 6.07) is 0. The van der Waals surface area contributed by atoms with Gasteiger partial charge in [-0.2, -0.15) is 0 Å². The second-order valence-corrected chi connectivity index (χ2v) is 6.69. The van der Waals surface area contributed by atoms with E-state index in [9.17, 15) is 0 Å². The van der Waals surface area contributed by atoms with Crippen molar-refractivity contribution in [2.75, 3.05) is 13.1 Å². The molecule has 19 heavy (non-hydrogen) atoms. The van der Waals surface area contributed by atoms with Gasteiger partial charge in [0.1, 0.15) is 5.82 Å². The fourth-order valence-corrected chi connectivity index (χ4v) is 3.28. The van der Waals surface area contributed by atoms with Gasteiger partial charge in [-0.05, 0) is 37.1 Å². The van der Waals surface area contributed by atoms with Crippen LogP contribution in [0.5, 0.6) is 0 Å². The fourth-order valence-electron chi connectivity index (χ4n) is 3.28. The standard InChI is InChI=1S/C16H29N3/c1-14(2)12-17-13-16(7-4-5-8-16)9-6-15-18-10-11-19(15)3/h10-11,14,17H,4-9,12-13H2,1-3H3. The van der Waals surface area contributed by atoms with Crippen LogP contribution < -0.4 is 5.32 Å². The average Bonchev–Trinajstić information content (AvgIpc) is 2.96. The molecule has 1 fully saturated rings. The summed E-state index contributed by atoms with van der Waals surface area (Å²) < 4.78 is 2.16. The van der Waals surface area contributed by atoms with Gasteiger partial charge < -0.3 is 9.88 Å². The highest BCUT2D eigenvalue weighted by atomic mass is 15.0. The van der Waals surface area contributed by atoms with Crippen LogP contribution in [-0.2, 0) is 13.5 Å². The van der Waals surface area contributed by atoms with E-state index < -0.39 is 0 Å². The zero-order chi connectivity index (χ0) is 13.7. The van der Waals surface area contributed by atoms with Crippen molar-refractivity contribution in [1.82, 2.24) is 14.9 Å². The number of aryl methyl sites for hydroxylation is 2. The second kappa shape index (κ2) is 6.56. The summed E-state index contributed by atoms with van der Waals surface area (Å²) in [7, 11) is 2.10. The first-order valence-corrected chi connectivity index (χ1v) is 7.78. The van der Waals surface area contributed by atoms with Gasteiger partial charge in [0, 0.05) is 32.4 Å². The molecular formula is C16H29N3. The van der Waals surface area contributed by atoms with E-state index in [1.165, 1.54) is 44.5 Å². The summed E-state index contributed by atoms with van der Waals surface area (Å²) in [6.07, 6.45) is 12.0. The van der Waals surface area contributed by atoms with Crippen LogP contribution in [0.1, 0.15) is 51.8 Å². The van der Waals surface area contributed by atoms with Crippen LogP contribution in [0, 0.1) is 11.3 Å². The Balaban J connectivity index is 1.86. The number of imidazole rings is 1. The Labute approximate surface area is 117 Å². The number of nitrogens with one attached hydrogen (secondary N) is 1. The van der Waals surface area contributed by atoms with Crippen LogP contribution in [0.4, 0.5) is 0 Å². The molecule has 1 aromatic rings. The lowest BCUT2D eigenvalue weighted by molar-refractivity contribution is 0.251. The highest BCUT2D eigenvalue weighted by Gasteiger charge is 2.33. The topological polar surface area (TPSA) is 29.9 Å². The lowest BCUT2D eigenvalue weighted by Gasteiger charge is -2.30. The molecule has 1 N–H and O–H groups in total. The summed E-state index contributed by atoms with van der Waals surface area (Å²) in [6.45, 7) is 6.89. The smallest absolute Gasteiger partial charge is 0.108 e. The number of aromatic nitrogens is 2. The Hall–Kier alpha value is -0.830. The maximum absolute atomic E-state index is 4.46. The third kappa shape index (κ3) is 4.07. The Kier molecular flexibility index (Phi) is 5.03. The Morgan fingerprint density at radius 3 is 2.68 bits per heavy atom. The predicted molar refractivity (Wildman–Crippen MR) is 80.1 cm³/mol. The minimum Gasteiger partial charge on any atom is -0.338 e. The van der Waals surface area contributed by atoms with Crippen LogP contribution >= 0.6 is 0 Å². The van der Waals surface area contributed by atoms with Gasteiger partial charge in [-0.1, -0.05) is 26.7 Å². The first-order chi connectivity index (χ1) is 9.11. The van der Waals surface area contributed by atoms with Crippen molar-refractivity contribution in [1.29, 1.82) is 0 Å². The number of rotatable bonds is 7. The monoisotopic (exact) mass is 263 g/mol. The predicted octanol–water partition coefficient (Wildman–Crippen LogP) is 3.16. The number of hydrogen-bond donors (Lipinski definition) is 1. The van der Waals surface area contributed by atoms with E-state index in [1.54, 1.807) is 0 Å². The molecule has 0 bridgehead atoms. The fraction of sp³-hybridized carbons (Fsp3) is 0.812. The lowest BCUT2D eigenvalue weighted by Crippen LogP contribution is -2.34. The molecule has 108 valence electrons. The van der Waals surface area contributed by atoms with E-state index in [4.69, 9.17) is 0 Å². The molecular weight excluding hydrogens is 234 g/mol. The van der Waals surface area contributed by atoms with E-state index in [0.717, 1.165) is 18.9 Å². The molecule has 1 saturated carbocycles. The molecule has 3 nitrogen and oxygen atoms in total. The quantitative estimate of drug-likeness (QED) is 0.819. The van der Waals surface area contributed by atoms with Crippen molar-refractivity contribution in [2.45, 2.75) is 52.4 Å². The zero-order valence-electron chi connectivity index (χ0n) is 12.8. The van der Waals surface area contributed by atoms with E-state index in [1.807, 2.05) is 12.4 Å². The Morgan fingerprint density at radius 1 is 1.37 bits per heavy atom. The summed E-state index contributed by atoms with van der Waals surface area (Å²) in [5.41, 5.74) is 0.529. The molecule has 3 heteroatoms. The highest BCUT2D eigenvalue weighted by molar-refractivity contribution is 4.95. The van der Waals surface area contributed by atoms with Gasteiger partial charge in [-0.3, -0.25) is 0 Å². The Morgan fingerprint density at radius 2 is 2.11 bits per heavy atom. The van der Waals surface area contributed by atoms with Gasteiger partial charge >= 0.3 is 0 Å². The largest absolute Gasteiger partial charge is 0.338 e. The molecule has 0 spiro atoms. The first kappa shape index (κ1) is 14.6. The zero-order valence-corrected chi connectivity index (χ0v) is 12.8. The van der Waals surface area contributed by atoms with Crippen molar-refractivity contribution in [3.05, 3.63) is 18.2 Å². The average molecular weight is 263 g/mol. The van der Waals surface area contributed by atoms with Gasteiger partial charge in [-0.25, -0.2) is 4.98 Å². The third-order valence-electron chi connectivity index (χ3n) is 4.52. The molecule has 0 aliphatic heterocycles. The molecule has 0 aromatic carbocycles. The first-order valence-electron chi connectivity index (χ1n) is 7.78. The van der Waals surface area contributed by atoms with Crippen LogP contribution in [0.3, 0.4) is 0 Å². The summed E-state index contributed by atoms with van der Waals surface area (Å²) >= 11 is 0. The SMILES string of the molecule is CC(C)CNCC1(CCc2nccn2C)CCCC1. The highest BCUT2D eigenvalue weighted by Crippen LogP contribution is 2.41. The van der Waals surface area contributed by atoms with Gasteiger partial charge in [0.2, 0.25) is 0 Å². The minimum atomic E-state index is 0.529. The third-order valence-corrected chi connectivity index (χ3v) is 4.52. The molecule has 1 heterocycles. The minimum absolute atomic E-state index is 0.529. The Bertz CT molecular complexity index is 375. The summed E-state index contributed by atoms with van der Waals surface area (Å²) in [5, 5.41) is 3.69. The van der Waals surface area contributed by atoms with Crippen LogP contribution in [-0.4, -0.2) is 22.6 Å². The van der Waals surface area contributed by atoms with E-state index >= 15 is 0 Å². The molecule has 0 unspecified atom stereocenters. The second-order valence-electron chi connectivity index (χ2n) is 6.69. The lowest BCUT2D eigenvalue weighted by atomic mass is 9.81. The van der Waals surface area contributed by atoms with Crippen molar-refractivity contribution < 1.29 is 0 Å². The van der Waals surface area contributed by atoms with Crippen molar-refractivity contribution in [2.24, 2.45) is 18.4 Å². The number of hydrogen-bond acceptors (Lipinski definition) is 2. The van der Waals surface area contributed by atoms with E-state index in [0.29, 0.717) is 5.41 Å². The maximum atomic E-state index is 4.46. The molecule has 2 rings (SSSR count). The normalized spacial score (nSPS) is 18.3. The van der Waals surface area contributed by atoms with Gasteiger partial charge in [-0.15, -0.1) is 0 Å². The van der Waals surface area contributed by atoms with Gasteiger partial charge in [0.25, 0.3) is 0 Å². The summed E-state index contributed by atoms with van der Waals surface area (Å²) in [4.78, 5) is 4.46. The van der Waals surface area contributed by atoms with Crippen LogP contribution in [0.25, 0.3) is 0 Å². The number of nitrogens with zero attached hydrogens (tertiary/aromatic N) is 2. The van der Waals surface area contributed by atoms with Gasteiger partial charge in [0.15, 0.2) is 0 Å². The molecule has 0 saturated heterocycles. The van der Waals surface area contributed by atoms with E-state index in [-0.39, 0.29) is 0 Å². The molecule has 0 radical (unpaired) electrons. The summed E-state index contributed by atoms with van der Waals surface area (Å²) in [5.74, 6) is 1.98. The van der Waals surface area contributed by atoms with Crippen LogP contribution in [0.15, 0.2) is 12.4 Å².